The van der Waals surface area contributed by atoms with Crippen molar-refractivity contribution in [3.63, 3.8) is 0 Å². The molecule has 0 spiro atoms. The van der Waals surface area contributed by atoms with Gasteiger partial charge in [-0.3, -0.25) is 0 Å². The van der Waals surface area contributed by atoms with Crippen molar-refractivity contribution in [3.05, 3.63) is 127 Å². The molecular formula is C35H21N3OS. The van der Waals surface area contributed by atoms with E-state index in [0.717, 1.165) is 55.5 Å². The molecule has 0 saturated heterocycles. The minimum absolute atomic E-state index is 0.619. The Morgan fingerprint density at radius 3 is 1.95 bits per heavy atom. The summed E-state index contributed by atoms with van der Waals surface area (Å²) >= 11 is 1.77. The first-order valence-corrected chi connectivity index (χ1v) is 13.9. The van der Waals surface area contributed by atoms with Crippen molar-refractivity contribution < 1.29 is 4.42 Å². The standard InChI is InChI=1S/C35H21N3OS/c1-3-10-22(11-4-1)28-21-29(23-12-5-2-6-13-23)37-34(36-28)25-14-9-17-32-33(25)26-20-24(18-19-31(26)40-32)35-38-27-15-7-8-16-30(27)39-35/h1-21H. The summed E-state index contributed by atoms with van der Waals surface area (Å²) < 4.78 is 8.49. The fraction of sp³-hybridized carbons (Fsp3) is 0. The van der Waals surface area contributed by atoms with E-state index in [9.17, 15) is 0 Å². The Labute approximate surface area is 234 Å². The SMILES string of the molecule is c1ccc(-c2cc(-c3ccccc3)nc(-c3cccc4sc5ccc(-c6nc7ccccc7o6)cc5c34)n2)cc1. The number of oxazole rings is 1. The maximum atomic E-state index is 6.10. The maximum Gasteiger partial charge on any atom is 0.227 e. The van der Waals surface area contributed by atoms with Gasteiger partial charge in [0.1, 0.15) is 5.52 Å². The van der Waals surface area contributed by atoms with Crippen LogP contribution >= 0.6 is 11.3 Å². The van der Waals surface area contributed by atoms with Crippen LogP contribution in [0.5, 0.6) is 0 Å². The fourth-order valence-corrected chi connectivity index (χ4v) is 6.34. The lowest BCUT2D eigenvalue weighted by Crippen LogP contribution is -1.96. The average Bonchev–Trinajstić information content (AvgIpc) is 3.63. The molecule has 0 aliphatic rings. The number of nitrogens with zero attached hydrogens (tertiary/aromatic N) is 3. The zero-order chi connectivity index (χ0) is 26.5. The Balaban J connectivity index is 1.36. The minimum Gasteiger partial charge on any atom is -0.436 e. The van der Waals surface area contributed by atoms with Gasteiger partial charge in [-0.25, -0.2) is 15.0 Å². The summed E-state index contributed by atoms with van der Waals surface area (Å²) in [6.07, 6.45) is 0. The zero-order valence-corrected chi connectivity index (χ0v) is 22.1. The molecule has 0 radical (unpaired) electrons. The van der Waals surface area contributed by atoms with E-state index in [1.807, 2.05) is 60.7 Å². The smallest absolute Gasteiger partial charge is 0.227 e. The highest BCUT2D eigenvalue weighted by Crippen LogP contribution is 2.41. The van der Waals surface area contributed by atoms with E-state index < -0.39 is 0 Å². The molecule has 40 heavy (non-hydrogen) atoms. The van der Waals surface area contributed by atoms with Crippen molar-refractivity contribution in [2.75, 3.05) is 0 Å². The Morgan fingerprint density at radius 1 is 0.525 bits per heavy atom. The van der Waals surface area contributed by atoms with E-state index in [1.165, 1.54) is 9.40 Å². The molecule has 0 aliphatic carbocycles. The number of hydrogen-bond acceptors (Lipinski definition) is 5. The number of hydrogen-bond donors (Lipinski definition) is 0. The summed E-state index contributed by atoms with van der Waals surface area (Å²) in [5.74, 6) is 1.33. The predicted molar refractivity (Wildman–Crippen MR) is 164 cm³/mol. The predicted octanol–water partition coefficient (Wildman–Crippen LogP) is 9.65. The largest absolute Gasteiger partial charge is 0.436 e. The molecule has 8 aromatic rings. The normalized spacial score (nSPS) is 11.5. The van der Waals surface area contributed by atoms with Crippen LogP contribution in [-0.2, 0) is 0 Å². The Kier molecular flexibility index (Phi) is 5.28. The third-order valence-corrected chi connectivity index (χ3v) is 8.28. The van der Waals surface area contributed by atoms with Crippen LogP contribution in [0, 0.1) is 0 Å². The van der Waals surface area contributed by atoms with Gasteiger partial charge in [0.25, 0.3) is 0 Å². The molecule has 3 heterocycles. The van der Waals surface area contributed by atoms with Gasteiger partial charge in [-0.1, -0.05) is 84.9 Å². The van der Waals surface area contributed by atoms with Crippen molar-refractivity contribution in [2.45, 2.75) is 0 Å². The molecule has 0 unspecified atom stereocenters. The van der Waals surface area contributed by atoms with E-state index >= 15 is 0 Å². The first kappa shape index (κ1) is 22.8. The van der Waals surface area contributed by atoms with Crippen molar-refractivity contribution in [3.8, 4) is 45.4 Å². The second-order valence-corrected chi connectivity index (χ2v) is 10.8. The monoisotopic (exact) mass is 531 g/mol. The van der Waals surface area contributed by atoms with Gasteiger partial charge >= 0.3 is 0 Å². The van der Waals surface area contributed by atoms with Crippen molar-refractivity contribution >= 4 is 42.6 Å². The van der Waals surface area contributed by atoms with Crippen LogP contribution in [0.1, 0.15) is 0 Å². The van der Waals surface area contributed by atoms with E-state index in [0.29, 0.717) is 11.7 Å². The lowest BCUT2D eigenvalue weighted by atomic mass is 10.0. The zero-order valence-electron chi connectivity index (χ0n) is 21.3. The summed E-state index contributed by atoms with van der Waals surface area (Å²) in [5.41, 5.74) is 7.51. The summed E-state index contributed by atoms with van der Waals surface area (Å²) in [7, 11) is 0. The van der Waals surface area contributed by atoms with Crippen LogP contribution in [-0.4, -0.2) is 15.0 Å². The van der Waals surface area contributed by atoms with E-state index in [1.54, 1.807) is 11.3 Å². The fourth-order valence-electron chi connectivity index (χ4n) is 5.22. The molecule has 5 aromatic carbocycles. The molecule has 0 atom stereocenters. The van der Waals surface area contributed by atoms with E-state index in [-0.39, 0.29) is 0 Å². The van der Waals surface area contributed by atoms with Gasteiger partial charge in [0.15, 0.2) is 11.4 Å². The summed E-state index contributed by atoms with van der Waals surface area (Å²) in [5, 5.41) is 2.29. The van der Waals surface area contributed by atoms with Crippen LogP contribution in [0.25, 0.3) is 76.6 Å². The van der Waals surface area contributed by atoms with Crippen molar-refractivity contribution in [1.29, 1.82) is 0 Å². The molecule has 4 nitrogen and oxygen atoms in total. The van der Waals surface area contributed by atoms with E-state index in [2.05, 4.69) is 66.7 Å². The highest BCUT2D eigenvalue weighted by atomic mass is 32.1. The van der Waals surface area contributed by atoms with Gasteiger partial charge in [0, 0.05) is 42.4 Å². The number of fused-ring (bicyclic) bond motifs is 4. The van der Waals surface area contributed by atoms with Gasteiger partial charge in [0.2, 0.25) is 5.89 Å². The second-order valence-electron chi connectivity index (χ2n) is 9.67. The highest BCUT2D eigenvalue weighted by molar-refractivity contribution is 7.25. The van der Waals surface area contributed by atoms with Crippen LogP contribution < -0.4 is 0 Å². The molecule has 0 amide bonds. The Morgan fingerprint density at radius 2 is 1.23 bits per heavy atom. The van der Waals surface area contributed by atoms with Crippen LogP contribution in [0.15, 0.2) is 132 Å². The van der Waals surface area contributed by atoms with Crippen molar-refractivity contribution in [2.24, 2.45) is 0 Å². The lowest BCUT2D eigenvalue weighted by Gasteiger charge is -2.10. The van der Waals surface area contributed by atoms with Gasteiger partial charge in [0.05, 0.1) is 11.4 Å². The molecule has 5 heteroatoms. The van der Waals surface area contributed by atoms with Crippen LogP contribution in [0.3, 0.4) is 0 Å². The molecule has 0 saturated carbocycles. The molecular weight excluding hydrogens is 510 g/mol. The third kappa shape index (κ3) is 3.87. The molecule has 188 valence electrons. The number of rotatable bonds is 4. The number of aromatic nitrogens is 3. The quantitative estimate of drug-likeness (QED) is 0.227. The summed E-state index contributed by atoms with van der Waals surface area (Å²) in [6, 6.07) is 43.3. The average molecular weight is 532 g/mol. The summed E-state index contributed by atoms with van der Waals surface area (Å²) in [4.78, 5) is 15.0. The molecule has 8 rings (SSSR count). The van der Waals surface area contributed by atoms with Crippen molar-refractivity contribution in [1.82, 2.24) is 15.0 Å². The van der Waals surface area contributed by atoms with Crippen LogP contribution in [0.2, 0.25) is 0 Å². The minimum atomic E-state index is 0.619. The van der Waals surface area contributed by atoms with Gasteiger partial charge < -0.3 is 4.42 Å². The third-order valence-electron chi connectivity index (χ3n) is 7.14. The number of para-hydroxylation sites is 2. The topological polar surface area (TPSA) is 51.8 Å². The summed E-state index contributed by atoms with van der Waals surface area (Å²) in [6.45, 7) is 0. The Bertz CT molecular complexity index is 2070. The number of thiophene rings is 1. The first-order chi connectivity index (χ1) is 19.8. The molecule has 0 aliphatic heterocycles. The molecule has 3 aromatic heterocycles. The Hall–Kier alpha value is -5.13. The maximum absolute atomic E-state index is 6.10. The lowest BCUT2D eigenvalue weighted by molar-refractivity contribution is 0.620. The number of benzene rings is 5. The molecule has 0 fully saturated rings. The van der Waals surface area contributed by atoms with Gasteiger partial charge in [-0.15, -0.1) is 11.3 Å². The van der Waals surface area contributed by atoms with Gasteiger partial charge in [-0.2, -0.15) is 0 Å². The molecule has 0 N–H and O–H groups in total. The van der Waals surface area contributed by atoms with Crippen LogP contribution in [0.4, 0.5) is 0 Å². The highest BCUT2D eigenvalue weighted by Gasteiger charge is 2.17. The molecule has 0 bridgehead atoms. The second kappa shape index (κ2) is 9.26. The van der Waals surface area contributed by atoms with Gasteiger partial charge in [-0.05, 0) is 42.5 Å². The van der Waals surface area contributed by atoms with E-state index in [4.69, 9.17) is 19.4 Å². The first-order valence-electron chi connectivity index (χ1n) is 13.1.